The molecule has 0 bridgehead atoms. The van der Waals surface area contributed by atoms with Gasteiger partial charge in [-0.1, -0.05) is 34.9 Å². The number of hydrogen-bond acceptors (Lipinski definition) is 8. The Morgan fingerprint density at radius 1 is 1.05 bits per heavy atom. The van der Waals surface area contributed by atoms with Gasteiger partial charge in [-0.25, -0.2) is 0 Å². The summed E-state index contributed by atoms with van der Waals surface area (Å²) in [5.74, 6) is -0.691. The summed E-state index contributed by atoms with van der Waals surface area (Å²) in [5, 5.41) is 21.3. The molecule has 8 heteroatoms. The lowest BCUT2D eigenvalue weighted by molar-refractivity contribution is -0.325. The van der Waals surface area contributed by atoms with Crippen LogP contribution in [0.1, 0.15) is 93.4 Å². The van der Waals surface area contributed by atoms with Crippen LogP contribution in [0.15, 0.2) is 34.9 Å². The van der Waals surface area contributed by atoms with Crippen molar-refractivity contribution in [2.45, 2.75) is 130 Å². The maximum absolute atomic E-state index is 11.5. The molecule has 0 unspecified atom stereocenters. The smallest absolute Gasteiger partial charge is 0.303 e. The van der Waals surface area contributed by atoms with E-state index < -0.39 is 48.2 Å². The van der Waals surface area contributed by atoms with Gasteiger partial charge in [0.1, 0.15) is 24.9 Å². The second kappa shape index (κ2) is 15.0. The van der Waals surface area contributed by atoms with Crippen molar-refractivity contribution < 1.29 is 38.7 Å². The second-order valence-electron chi connectivity index (χ2n) is 11.4. The molecule has 1 fully saturated rings. The molecule has 2 rings (SSSR count). The van der Waals surface area contributed by atoms with Gasteiger partial charge < -0.3 is 29.2 Å². The van der Waals surface area contributed by atoms with Crippen LogP contribution in [-0.2, 0) is 28.5 Å². The monoisotopic (exact) mass is 536 g/mol. The number of rotatable bonds is 9. The van der Waals surface area contributed by atoms with E-state index in [9.17, 15) is 19.8 Å². The molecule has 38 heavy (non-hydrogen) atoms. The van der Waals surface area contributed by atoms with Crippen molar-refractivity contribution in [3.8, 4) is 0 Å². The molecule has 216 valence electrons. The molecule has 0 amide bonds. The first-order valence-corrected chi connectivity index (χ1v) is 13.8. The third-order valence-corrected chi connectivity index (χ3v) is 7.35. The fourth-order valence-corrected chi connectivity index (χ4v) is 4.89. The van der Waals surface area contributed by atoms with E-state index in [4.69, 9.17) is 18.9 Å². The average Bonchev–Trinajstić information content (AvgIpc) is 2.82. The van der Waals surface area contributed by atoms with Gasteiger partial charge in [0.15, 0.2) is 12.4 Å². The lowest BCUT2D eigenvalue weighted by Gasteiger charge is -2.43. The zero-order valence-corrected chi connectivity index (χ0v) is 24.2. The Bertz CT molecular complexity index is 887. The molecule has 1 aliphatic carbocycles. The van der Waals surface area contributed by atoms with Crippen molar-refractivity contribution in [3.05, 3.63) is 34.9 Å². The van der Waals surface area contributed by atoms with Crippen LogP contribution in [0.4, 0.5) is 0 Å². The number of carbonyl (C=O) groups excluding carboxylic acids is 2. The van der Waals surface area contributed by atoms with E-state index in [1.165, 1.54) is 30.6 Å². The van der Waals surface area contributed by atoms with Crippen molar-refractivity contribution in [2.24, 2.45) is 5.92 Å². The molecule has 2 N–H and O–H groups in total. The molecule has 0 spiro atoms. The highest BCUT2D eigenvalue weighted by Gasteiger charge is 2.48. The van der Waals surface area contributed by atoms with Gasteiger partial charge in [-0.15, -0.1) is 0 Å². The predicted molar refractivity (Wildman–Crippen MR) is 145 cm³/mol. The number of hydrogen-bond donors (Lipinski definition) is 2. The lowest BCUT2D eigenvalue weighted by Crippen LogP contribution is -2.61. The van der Waals surface area contributed by atoms with Crippen molar-refractivity contribution in [1.29, 1.82) is 0 Å². The van der Waals surface area contributed by atoms with Gasteiger partial charge in [0.2, 0.25) is 0 Å². The Morgan fingerprint density at radius 2 is 1.74 bits per heavy atom. The van der Waals surface area contributed by atoms with Crippen LogP contribution in [0.2, 0.25) is 0 Å². The topological polar surface area (TPSA) is 112 Å². The molecule has 1 saturated heterocycles. The molecule has 2 aliphatic rings. The van der Waals surface area contributed by atoms with Gasteiger partial charge in [-0.2, -0.15) is 0 Å². The summed E-state index contributed by atoms with van der Waals surface area (Å²) in [7, 11) is 0. The van der Waals surface area contributed by atoms with E-state index in [1.807, 2.05) is 13.8 Å². The maximum Gasteiger partial charge on any atom is 0.303 e. The Hall–Kier alpha value is -2.00. The Balaban J connectivity index is 2.02. The SMILES string of the molecule is CC(=O)OC[C@H]1O[C@@H](OC(C)(C)CC/C=C(\C)[C@@H]2C/C=C(\C)CC/C=C(\C)CC2)[C@H](O)[C@@H](O)[C@H]1OC(C)=O. The third-order valence-electron chi connectivity index (χ3n) is 7.35. The van der Waals surface area contributed by atoms with E-state index in [1.54, 1.807) is 0 Å². The predicted octanol–water partition coefficient (Wildman–Crippen LogP) is 4.92. The molecule has 1 aliphatic heterocycles. The maximum atomic E-state index is 11.5. The normalized spacial score (nSPS) is 32.4. The van der Waals surface area contributed by atoms with Crippen LogP contribution < -0.4 is 0 Å². The minimum absolute atomic E-state index is 0.247. The molecule has 0 aromatic heterocycles. The molecule has 0 saturated carbocycles. The number of allylic oxidation sites excluding steroid dienone is 6. The van der Waals surface area contributed by atoms with E-state index in [0.717, 1.165) is 38.5 Å². The highest BCUT2D eigenvalue weighted by molar-refractivity contribution is 5.66. The Labute approximate surface area is 228 Å². The van der Waals surface area contributed by atoms with Crippen LogP contribution in [0, 0.1) is 5.92 Å². The highest BCUT2D eigenvalue weighted by Crippen LogP contribution is 2.31. The largest absolute Gasteiger partial charge is 0.463 e. The van der Waals surface area contributed by atoms with Crippen LogP contribution in [0.25, 0.3) is 0 Å². The number of aliphatic hydroxyl groups is 2. The fraction of sp³-hybridized carbons (Fsp3) is 0.733. The first-order valence-electron chi connectivity index (χ1n) is 13.8. The molecular weight excluding hydrogens is 488 g/mol. The molecule has 1 heterocycles. The Morgan fingerprint density at radius 3 is 2.39 bits per heavy atom. The van der Waals surface area contributed by atoms with Crippen molar-refractivity contribution in [1.82, 2.24) is 0 Å². The standard InChI is InChI=1S/C30H48O8/c1-19-10-8-11-20(2)14-16-24(15-13-19)21(3)12-9-17-30(6,7)38-29-27(34)26(33)28(36-23(5)32)25(37-29)18-35-22(4)31/h10,12,14,24-29,33-34H,8-9,11,13,15-18H2,1-7H3/b19-10+,20-14+,21-12+/t24-,25+,26+,27+,28-,29-/m0/s1. The van der Waals surface area contributed by atoms with Gasteiger partial charge >= 0.3 is 11.9 Å². The van der Waals surface area contributed by atoms with Crippen LogP contribution in [0.3, 0.4) is 0 Å². The van der Waals surface area contributed by atoms with Gasteiger partial charge in [0, 0.05) is 13.8 Å². The Kier molecular flexibility index (Phi) is 12.7. The van der Waals surface area contributed by atoms with Crippen molar-refractivity contribution >= 4 is 11.9 Å². The lowest BCUT2D eigenvalue weighted by atomic mass is 9.87. The average molecular weight is 537 g/mol. The molecule has 0 radical (unpaired) electrons. The van der Waals surface area contributed by atoms with Crippen molar-refractivity contribution in [2.75, 3.05) is 6.61 Å². The number of aliphatic hydroxyl groups excluding tert-OH is 2. The van der Waals surface area contributed by atoms with Gasteiger partial charge in [0.25, 0.3) is 0 Å². The first-order chi connectivity index (χ1) is 17.8. The molecule has 0 aromatic carbocycles. The summed E-state index contributed by atoms with van der Waals surface area (Å²) in [6.07, 6.45) is 7.73. The first kappa shape index (κ1) is 32.2. The summed E-state index contributed by atoms with van der Waals surface area (Å²) in [5.41, 5.74) is 3.59. The summed E-state index contributed by atoms with van der Waals surface area (Å²) in [4.78, 5) is 22.8. The minimum Gasteiger partial charge on any atom is -0.463 e. The fourth-order valence-electron chi connectivity index (χ4n) is 4.89. The zero-order valence-electron chi connectivity index (χ0n) is 24.2. The van der Waals surface area contributed by atoms with Crippen LogP contribution in [0.5, 0.6) is 0 Å². The minimum atomic E-state index is -1.46. The highest BCUT2D eigenvalue weighted by atomic mass is 16.7. The summed E-state index contributed by atoms with van der Waals surface area (Å²) < 4.78 is 22.1. The quantitative estimate of drug-likeness (QED) is 0.315. The molecule has 0 aromatic rings. The van der Waals surface area contributed by atoms with Gasteiger partial charge in [-0.3, -0.25) is 9.59 Å². The summed E-state index contributed by atoms with van der Waals surface area (Å²) in [6, 6.07) is 0. The molecule has 6 atom stereocenters. The summed E-state index contributed by atoms with van der Waals surface area (Å²) >= 11 is 0. The second-order valence-corrected chi connectivity index (χ2v) is 11.4. The number of esters is 2. The van der Waals surface area contributed by atoms with E-state index in [0.29, 0.717) is 12.3 Å². The third kappa shape index (κ3) is 10.6. The molecule has 8 nitrogen and oxygen atoms in total. The van der Waals surface area contributed by atoms with E-state index in [2.05, 4.69) is 39.0 Å². The number of carbonyl (C=O) groups is 2. The molecular formula is C30H48O8. The van der Waals surface area contributed by atoms with Crippen LogP contribution in [-0.4, -0.2) is 65.1 Å². The van der Waals surface area contributed by atoms with E-state index in [-0.39, 0.29) is 6.61 Å². The summed E-state index contributed by atoms with van der Waals surface area (Å²) in [6.45, 7) is 12.6. The zero-order chi connectivity index (χ0) is 28.5. The number of ether oxygens (including phenoxy) is 4. The van der Waals surface area contributed by atoms with Crippen LogP contribution >= 0.6 is 0 Å². The van der Waals surface area contributed by atoms with Gasteiger partial charge in [0.05, 0.1) is 5.60 Å². The van der Waals surface area contributed by atoms with E-state index >= 15 is 0 Å². The van der Waals surface area contributed by atoms with Gasteiger partial charge in [-0.05, 0) is 85.5 Å². The van der Waals surface area contributed by atoms with Crippen molar-refractivity contribution in [3.63, 3.8) is 0 Å².